The molecule has 0 aromatic heterocycles. The number of amides is 2. The van der Waals surface area contributed by atoms with Crippen molar-refractivity contribution >= 4 is 17.7 Å². The fourth-order valence-electron chi connectivity index (χ4n) is 3.62. The van der Waals surface area contributed by atoms with Gasteiger partial charge in [-0.3, -0.25) is 4.79 Å². The second-order valence-corrected chi connectivity index (χ2v) is 8.21. The van der Waals surface area contributed by atoms with Crippen LogP contribution in [0.3, 0.4) is 0 Å². The zero-order chi connectivity index (χ0) is 20.5. The molecule has 0 heterocycles. The van der Waals surface area contributed by atoms with E-state index in [0.29, 0.717) is 24.8 Å². The van der Waals surface area contributed by atoms with E-state index in [2.05, 4.69) is 22.3 Å². The Morgan fingerprint density at radius 2 is 2.04 bits per heavy atom. The number of hydrogen-bond donors (Lipinski definition) is 2. The zero-order valence-corrected chi connectivity index (χ0v) is 17.5. The fraction of sp³-hybridized carbons (Fsp3) is 0.636. The zero-order valence-electron chi connectivity index (χ0n) is 17.5. The summed E-state index contributed by atoms with van der Waals surface area (Å²) in [6.45, 7) is 6.82. The van der Waals surface area contributed by atoms with Crippen LogP contribution in [-0.2, 0) is 20.9 Å². The molecular formula is C22H34N2O4. The van der Waals surface area contributed by atoms with Crippen molar-refractivity contribution in [2.75, 3.05) is 12.4 Å². The lowest BCUT2D eigenvalue weighted by Gasteiger charge is -2.26. The van der Waals surface area contributed by atoms with Gasteiger partial charge in [0.25, 0.3) is 0 Å². The van der Waals surface area contributed by atoms with Crippen LogP contribution >= 0.6 is 0 Å². The molecule has 3 unspecified atom stereocenters. The van der Waals surface area contributed by atoms with Crippen molar-refractivity contribution in [1.29, 1.82) is 0 Å². The summed E-state index contributed by atoms with van der Waals surface area (Å²) >= 11 is 0. The van der Waals surface area contributed by atoms with Crippen LogP contribution < -0.4 is 10.6 Å². The van der Waals surface area contributed by atoms with Gasteiger partial charge in [0.05, 0.1) is 19.8 Å². The van der Waals surface area contributed by atoms with Crippen LogP contribution in [-0.4, -0.2) is 31.3 Å². The maximum atomic E-state index is 12.6. The number of ether oxygens (including phenoxy) is 2. The average Bonchev–Trinajstić information content (AvgIpc) is 2.65. The maximum absolute atomic E-state index is 12.6. The minimum atomic E-state index is -0.643. The third-order valence-corrected chi connectivity index (χ3v) is 5.07. The molecule has 0 bridgehead atoms. The first-order chi connectivity index (χ1) is 13.4. The molecule has 156 valence electrons. The largest absolute Gasteiger partial charge is 0.453 e. The third-order valence-electron chi connectivity index (χ3n) is 5.07. The molecule has 28 heavy (non-hydrogen) atoms. The molecule has 2 rings (SSSR count). The van der Waals surface area contributed by atoms with Crippen molar-refractivity contribution in [3.8, 4) is 0 Å². The van der Waals surface area contributed by atoms with Gasteiger partial charge in [0, 0.05) is 5.69 Å². The van der Waals surface area contributed by atoms with Crippen molar-refractivity contribution in [2.24, 2.45) is 11.8 Å². The van der Waals surface area contributed by atoms with Crippen LogP contribution in [0.1, 0.15) is 58.4 Å². The van der Waals surface area contributed by atoms with Crippen LogP contribution in [0.5, 0.6) is 0 Å². The predicted octanol–water partition coefficient (Wildman–Crippen LogP) is 4.49. The van der Waals surface area contributed by atoms with Gasteiger partial charge in [-0.15, -0.1) is 0 Å². The van der Waals surface area contributed by atoms with Crippen LogP contribution in [0.2, 0.25) is 0 Å². The molecule has 6 nitrogen and oxygen atoms in total. The molecule has 1 aromatic carbocycles. The van der Waals surface area contributed by atoms with Gasteiger partial charge in [0.15, 0.2) is 0 Å². The number of alkyl carbamates (subject to hydrolysis) is 1. The summed E-state index contributed by atoms with van der Waals surface area (Å²) in [6.07, 6.45) is 5.00. The lowest BCUT2D eigenvalue weighted by atomic mass is 9.89. The first-order valence-electron chi connectivity index (χ1n) is 10.2. The fourth-order valence-corrected chi connectivity index (χ4v) is 3.62. The van der Waals surface area contributed by atoms with Crippen LogP contribution in [0.4, 0.5) is 10.5 Å². The molecule has 1 aliphatic carbocycles. The molecule has 1 fully saturated rings. The molecule has 0 spiro atoms. The van der Waals surface area contributed by atoms with Crippen molar-refractivity contribution in [1.82, 2.24) is 5.32 Å². The molecule has 0 saturated heterocycles. The highest BCUT2D eigenvalue weighted by Gasteiger charge is 2.23. The molecule has 0 radical (unpaired) electrons. The second kappa shape index (κ2) is 11.1. The number of rotatable bonds is 8. The lowest BCUT2D eigenvalue weighted by Crippen LogP contribution is -2.44. The number of benzene rings is 1. The number of anilines is 1. The van der Waals surface area contributed by atoms with Crippen molar-refractivity contribution in [2.45, 2.75) is 71.6 Å². The van der Waals surface area contributed by atoms with Gasteiger partial charge in [0.1, 0.15) is 6.04 Å². The topological polar surface area (TPSA) is 76.7 Å². The Morgan fingerprint density at radius 3 is 2.71 bits per heavy atom. The Morgan fingerprint density at radius 1 is 1.25 bits per heavy atom. The number of carbonyl (C=O) groups excluding carboxylic acids is 2. The van der Waals surface area contributed by atoms with E-state index in [-0.39, 0.29) is 11.8 Å². The third kappa shape index (κ3) is 7.50. The van der Waals surface area contributed by atoms with Gasteiger partial charge in [-0.25, -0.2) is 4.79 Å². The van der Waals surface area contributed by atoms with Crippen LogP contribution in [0.15, 0.2) is 24.3 Å². The van der Waals surface area contributed by atoms with Gasteiger partial charge in [-0.2, -0.15) is 0 Å². The standard InChI is InChI=1S/C22H34N2O4/c1-15(2)11-20(24-22(26)27-4)21(25)23-18-9-6-8-17(13-18)14-28-19-10-5-7-16(3)12-19/h6,8-9,13,15-16,19-20H,5,7,10-12,14H2,1-4H3,(H,23,25)(H,24,26). The quantitative estimate of drug-likeness (QED) is 0.686. The molecule has 3 atom stereocenters. The normalized spacial score (nSPS) is 20.5. The molecule has 1 aliphatic rings. The summed E-state index contributed by atoms with van der Waals surface area (Å²) < 4.78 is 10.7. The molecule has 0 aliphatic heterocycles. The van der Waals surface area contributed by atoms with E-state index in [9.17, 15) is 9.59 Å². The lowest BCUT2D eigenvalue weighted by molar-refractivity contribution is -0.118. The Labute approximate surface area is 168 Å². The molecule has 1 saturated carbocycles. The highest BCUT2D eigenvalue weighted by atomic mass is 16.5. The molecule has 6 heteroatoms. The first-order valence-corrected chi connectivity index (χ1v) is 10.2. The number of hydrogen-bond acceptors (Lipinski definition) is 4. The number of methoxy groups -OCH3 is 1. The summed E-state index contributed by atoms with van der Waals surface area (Å²) in [5, 5.41) is 5.50. The SMILES string of the molecule is COC(=O)NC(CC(C)C)C(=O)Nc1cccc(COC2CCCC(C)C2)c1. The van der Waals surface area contributed by atoms with E-state index in [4.69, 9.17) is 4.74 Å². The van der Waals surface area contributed by atoms with Gasteiger partial charge in [-0.1, -0.05) is 45.7 Å². The van der Waals surface area contributed by atoms with Gasteiger partial charge >= 0.3 is 6.09 Å². The summed E-state index contributed by atoms with van der Waals surface area (Å²) in [5.41, 5.74) is 1.72. The van der Waals surface area contributed by atoms with E-state index in [1.165, 1.54) is 20.0 Å². The smallest absolute Gasteiger partial charge is 0.407 e. The predicted molar refractivity (Wildman–Crippen MR) is 110 cm³/mol. The van der Waals surface area contributed by atoms with Gasteiger partial charge < -0.3 is 20.1 Å². The molecule has 2 amide bonds. The average molecular weight is 391 g/mol. The van der Waals surface area contributed by atoms with E-state index in [1.807, 2.05) is 38.1 Å². The summed E-state index contributed by atoms with van der Waals surface area (Å²) in [6, 6.07) is 7.03. The summed E-state index contributed by atoms with van der Waals surface area (Å²) in [7, 11) is 1.29. The highest BCUT2D eigenvalue weighted by molar-refractivity contribution is 5.96. The Kier molecular flexibility index (Phi) is 8.77. The molecule has 2 N–H and O–H groups in total. The van der Waals surface area contributed by atoms with E-state index >= 15 is 0 Å². The van der Waals surface area contributed by atoms with Crippen molar-refractivity contribution in [3.63, 3.8) is 0 Å². The van der Waals surface area contributed by atoms with E-state index < -0.39 is 12.1 Å². The molecule has 1 aromatic rings. The monoisotopic (exact) mass is 390 g/mol. The second-order valence-electron chi connectivity index (χ2n) is 8.21. The van der Waals surface area contributed by atoms with E-state index in [0.717, 1.165) is 24.3 Å². The minimum absolute atomic E-state index is 0.252. The Hall–Kier alpha value is -2.08. The van der Waals surface area contributed by atoms with E-state index in [1.54, 1.807) is 0 Å². The van der Waals surface area contributed by atoms with Crippen molar-refractivity contribution in [3.05, 3.63) is 29.8 Å². The number of nitrogens with one attached hydrogen (secondary N) is 2. The van der Waals surface area contributed by atoms with Gasteiger partial charge in [0.2, 0.25) is 5.91 Å². The summed E-state index contributed by atoms with van der Waals surface area (Å²) in [5.74, 6) is 0.730. The maximum Gasteiger partial charge on any atom is 0.407 e. The minimum Gasteiger partial charge on any atom is -0.453 e. The Balaban J connectivity index is 1.93. The van der Waals surface area contributed by atoms with Crippen molar-refractivity contribution < 1.29 is 19.1 Å². The summed E-state index contributed by atoms with van der Waals surface area (Å²) in [4.78, 5) is 24.2. The highest BCUT2D eigenvalue weighted by Crippen LogP contribution is 2.26. The van der Waals surface area contributed by atoms with Gasteiger partial charge in [-0.05, 0) is 48.8 Å². The Bertz CT molecular complexity index is 647. The van der Waals surface area contributed by atoms with Crippen LogP contribution in [0.25, 0.3) is 0 Å². The molecular weight excluding hydrogens is 356 g/mol. The number of carbonyl (C=O) groups is 2. The van der Waals surface area contributed by atoms with Crippen LogP contribution in [0, 0.1) is 11.8 Å². The first kappa shape index (κ1) is 22.2.